The summed E-state index contributed by atoms with van der Waals surface area (Å²) in [6.45, 7) is 7.87. The summed E-state index contributed by atoms with van der Waals surface area (Å²) < 4.78 is 11.5. The monoisotopic (exact) mass is 266 g/mol. The molecule has 0 radical (unpaired) electrons. The van der Waals surface area contributed by atoms with Gasteiger partial charge >= 0.3 is 7.87 Å². The second-order valence-corrected chi connectivity index (χ2v) is 8.29. The Morgan fingerprint density at radius 3 is 1.81 bits per heavy atom. The van der Waals surface area contributed by atoms with Crippen molar-refractivity contribution in [2.75, 3.05) is 13.2 Å². The van der Waals surface area contributed by atoms with Crippen LogP contribution in [-0.4, -0.2) is 21.1 Å². The Hall–Kier alpha value is 0.427. The minimum absolute atomic E-state index is 0.729. The Morgan fingerprint density at radius 2 is 1.38 bits per heavy atom. The number of hydrogen-bond acceptors (Lipinski definition) is 2. The van der Waals surface area contributed by atoms with Gasteiger partial charge in [-0.1, -0.05) is 57.5 Å². The predicted octanol–water partition coefficient (Wildman–Crippen LogP) is 4.60. The van der Waals surface area contributed by atoms with Gasteiger partial charge in [-0.05, 0) is 12.8 Å². The quantitative estimate of drug-likeness (QED) is 0.309. The lowest BCUT2D eigenvalue weighted by Crippen LogP contribution is -2.36. The van der Waals surface area contributed by atoms with Crippen molar-refractivity contribution in [1.29, 1.82) is 0 Å². The third kappa shape index (κ3) is 8.56. The minimum Gasteiger partial charge on any atom is -0.383 e. The largest absolute Gasteiger partial charge is 0.443 e. The van der Waals surface area contributed by atoms with Gasteiger partial charge in [0.25, 0.3) is 0 Å². The molecule has 0 aliphatic heterocycles. The lowest BCUT2D eigenvalue weighted by atomic mass is 10.2. The van der Waals surface area contributed by atoms with Crippen LogP contribution in [0.2, 0.25) is 6.04 Å². The molecule has 0 aliphatic rings. The van der Waals surface area contributed by atoms with Crippen molar-refractivity contribution in [3.05, 3.63) is 0 Å². The summed E-state index contributed by atoms with van der Waals surface area (Å²) in [5, 5.41) is 0. The highest BCUT2D eigenvalue weighted by Gasteiger charge is 2.34. The van der Waals surface area contributed by atoms with Crippen molar-refractivity contribution < 1.29 is 8.85 Å². The average Bonchev–Trinajstić information content (AvgIpc) is 2.30. The second-order valence-electron chi connectivity index (χ2n) is 4.17. The molecule has 0 aromatic heterocycles. The Balaban J connectivity index is 3.86. The zero-order valence-electron chi connectivity index (χ0n) is 11.1. The zero-order chi connectivity index (χ0) is 12.3. The molecule has 0 aliphatic carbocycles. The Bertz CT molecular complexity index is 148. The third-order valence-corrected chi connectivity index (χ3v) is 5.82. The van der Waals surface area contributed by atoms with Gasteiger partial charge in [0.2, 0.25) is 0 Å². The van der Waals surface area contributed by atoms with Crippen LogP contribution in [0.3, 0.4) is 0 Å². The van der Waals surface area contributed by atoms with E-state index in [0.717, 1.165) is 38.5 Å². The molecule has 0 N–H and O–H groups in total. The van der Waals surface area contributed by atoms with Gasteiger partial charge in [0.15, 0.2) is 0 Å². The van der Waals surface area contributed by atoms with Crippen LogP contribution in [0.5, 0.6) is 0 Å². The van der Waals surface area contributed by atoms with E-state index < -0.39 is 7.87 Å². The summed E-state index contributed by atoms with van der Waals surface area (Å²) in [4.78, 5) is 0. The van der Waals surface area contributed by atoms with E-state index in [1.807, 2.05) is 0 Å². The standard InChI is InChI=1S/C12H27ClO2Si/c1-4-7-8-9-12-16(13,14-10-5-2)15-11-6-3/h4-12H2,1-3H3. The molecule has 0 fully saturated rings. The summed E-state index contributed by atoms with van der Waals surface area (Å²) in [6.07, 6.45) is 6.92. The molecule has 0 saturated carbocycles. The molecule has 16 heavy (non-hydrogen) atoms. The molecule has 0 heterocycles. The van der Waals surface area contributed by atoms with Gasteiger partial charge in [-0.2, -0.15) is 0 Å². The van der Waals surface area contributed by atoms with Crippen molar-refractivity contribution >= 4 is 18.9 Å². The van der Waals surface area contributed by atoms with Crippen LogP contribution in [0.4, 0.5) is 0 Å². The first kappa shape index (κ1) is 16.4. The van der Waals surface area contributed by atoms with Crippen molar-refractivity contribution in [1.82, 2.24) is 0 Å². The maximum atomic E-state index is 6.47. The highest BCUT2D eigenvalue weighted by Crippen LogP contribution is 2.23. The van der Waals surface area contributed by atoms with Crippen LogP contribution in [0, 0.1) is 0 Å². The molecule has 4 heteroatoms. The summed E-state index contributed by atoms with van der Waals surface area (Å²) in [5.41, 5.74) is 0. The van der Waals surface area contributed by atoms with E-state index in [0.29, 0.717) is 0 Å². The number of rotatable bonds is 11. The van der Waals surface area contributed by atoms with E-state index in [-0.39, 0.29) is 0 Å². The molecule has 2 nitrogen and oxygen atoms in total. The SMILES string of the molecule is CCCCCC[Si](Cl)(OCCC)OCCC. The van der Waals surface area contributed by atoms with Crippen LogP contribution < -0.4 is 0 Å². The lowest BCUT2D eigenvalue weighted by molar-refractivity contribution is 0.185. The maximum absolute atomic E-state index is 6.47. The third-order valence-electron chi connectivity index (χ3n) is 2.37. The smallest absolute Gasteiger partial charge is 0.383 e. The van der Waals surface area contributed by atoms with Crippen molar-refractivity contribution in [2.45, 2.75) is 65.3 Å². The number of hydrogen-bond donors (Lipinski definition) is 0. The average molecular weight is 267 g/mol. The first-order chi connectivity index (χ1) is 7.68. The van der Waals surface area contributed by atoms with Gasteiger partial charge in [-0.3, -0.25) is 0 Å². The van der Waals surface area contributed by atoms with Crippen LogP contribution >= 0.6 is 11.1 Å². The first-order valence-corrected chi connectivity index (χ1v) is 9.68. The number of unbranched alkanes of at least 4 members (excludes halogenated alkanes) is 3. The van der Waals surface area contributed by atoms with Crippen LogP contribution in [0.25, 0.3) is 0 Å². The topological polar surface area (TPSA) is 18.5 Å². The zero-order valence-corrected chi connectivity index (χ0v) is 12.8. The van der Waals surface area contributed by atoms with Crippen LogP contribution in [0.1, 0.15) is 59.3 Å². The van der Waals surface area contributed by atoms with E-state index in [4.69, 9.17) is 19.9 Å². The van der Waals surface area contributed by atoms with Gasteiger partial charge in [0.1, 0.15) is 0 Å². The van der Waals surface area contributed by atoms with Gasteiger partial charge in [0, 0.05) is 19.3 Å². The molecule has 0 aromatic carbocycles. The lowest BCUT2D eigenvalue weighted by Gasteiger charge is -2.23. The maximum Gasteiger partial charge on any atom is 0.443 e. The van der Waals surface area contributed by atoms with Gasteiger partial charge < -0.3 is 8.85 Å². The Labute approximate surface area is 107 Å². The van der Waals surface area contributed by atoms with Crippen molar-refractivity contribution in [3.63, 3.8) is 0 Å². The van der Waals surface area contributed by atoms with Crippen molar-refractivity contribution in [3.8, 4) is 0 Å². The van der Waals surface area contributed by atoms with E-state index in [9.17, 15) is 0 Å². The summed E-state index contributed by atoms with van der Waals surface area (Å²) in [6, 6.07) is 0.925. The van der Waals surface area contributed by atoms with Crippen LogP contribution in [0.15, 0.2) is 0 Å². The Morgan fingerprint density at radius 1 is 0.812 bits per heavy atom. The normalized spacial score (nSPS) is 12.0. The summed E-state index contributed by atoms with van der Waals surface area (Å²) in [5.74, 6) is 0. The molecular formula is C12H27ClO2Si. The Kier molecular flexibility index (Phi) is 10.9. The van der Waals surface area contributed by atoms with E-state index >= 15 is 0 Å². The molecule has 0 rings (SSSR count). The molecule has 0 saturated heterocycles. The minimum atomic E-state index is -2.37. The molecule has 98 valence electrons. The fourth-order valence-electron chi connectivity index (χ4n) is 1.46. The molecule has 0 bridgehead atoms. The summed E-state index contributed by atoms with van der Waals surface area (Å²) >= 11 is 6.47. The predicted molar refractivity (Wildman–Crippen MR) is 73.0 cm³/mol. The fraction of sp³-hybridized carbons (Fsp3) is 1.00. The molecule has 0 unspecified atom stereocenters. The van der Waals surface area contributed by atoms with E-state index in [1.54, 1.807) is 0 Å². The van der Waals surface area contributed by atoms with Crippen molar-refractivity contribution in [2.24, 2.45) is 0 Å². The van der Waals surface area contributed by atoms with E-state index in [2.05, 4.69) is 20.8 Å². The fourth-order valence-corrected chi connectivity index (χ4v) is 4.38. The number of halogens is 1. The van der Waals surface area contributed by atoms with Crippen LogP contribution in [-0.2, 0) is 8.85 Å². The van der Waals surface area contributed by atoms with Gasteiger partial charge in [-0.15, -0.1) is 0 Å². The molecule has 0 aromatic rings. The molecule has 0 amide bonds. The summed E-state index contributed by atoms with van der Waals surface area (Å²) in [7, 11) is -2.37. The molecule has 0 atom stereocenters. The first-order valence-electron chi connectivity index (χ1n) is 6.65. The van der Waals surface area contributed by atoms with Gasteiger partial charge in [-0.25, -0.2) is 0 Å². The molecular weight excluding hydrogens is 240 g/mol. The highest BCUT2D eigenvalue weighted by molar-refractivity contribution is 7.12. The second kappa shape index (κ2) is 10.6. The highest BCUT2D eigenvalue weighted by atomic mass is 35.6. The molecule has 0 spiro atoms. The van der Waals surface area contributed by atoms with Gasteiger partial charge in [0.05, 0.1) is 0 Å². The van der Waals surface area contributed by atoms with E-state index in [1.165, 1.54) is 19.3 Å².